The van der Waals surface area contributed by atoms with Gasteiger partial charge < -0.3 is 14.5 Å². The summed E-state index contributed by atoms with van der Waals surface area (Å²) in [6.07, 6.45) is 3.73. The van der Waals surface area contributed by atoms with Crippen molar-refractivity contribution in [1.29, 1.82) is 0 Å². The van der Waals surface area contributed by atoms with Gasteiger partial charge in [-0.15, -0.1) is 0 Å². The fraction of sp³-hybridized carbons (Fsp3) is 0.435. The highest BCUT2D eigenvalue weighted by atomic mass is 79.9. The van der Waals surface area contributed by atoms with Crippen molar-refractivity contribution in [2.45, 2.75) is 38.3 Å². The summed E-state index contributed by atoms with van der Waals surface area (Å²) in [5.74, 6) is 1.44. The van der Waals surface area contributed by atoms with E-state index in [0.29, 0.717) is 25.6 Å². The van der Waals surface area contributed by atoms with Crippen LogP contribution in [0.15, 0.2) is 46.9 Å². The highest BCUT2D eigenvalue weighted by molar-refractivity contribution is 9.10. The van der Waals surface area contributed by atoms with Gasteiger partial charge in [0.05, 0.1) is 6.54 Å². The zero-order valence-corrected chi connectivity index (χ0v) is 17.5. The number of carbonyl (C=O) groups excluding carboxylic acids is 1. The van der Waals surface area contributed by atoms with Gasteiger partial charge in [0.2, 0.25) is 0 Å². The second-order valence-corrected chi connectivity index (χ2v) is 9.12. The minimum Gasteiger partial charge on any atom is -0.445 e. The predicted octanol–water partition coefficient (Wildman–Crippen LogP) is 5.31. The maximum atomic E-state index is 12.8. The molecule has 5 heteroatoms. The molecule has 1 aliphatic carbocycles. The molecule has 2 aromatic rings. The molecular weight excluding hydrogens is 416 g/mol. The van der Waals surface area contributed by atoms with Gasteiger partial charge in [0.25, 0.3) is 0 Å². The molecule has 2 aromatic carbocycles. The zero-order chi connectivity index (χ0) is 19.1. The van der Waals surface area contributed by atoms with Crippen LogP contribution in [0.5, 0.6) is 0 Å². The van der Waals surface area contributed by atoms with Gasteiger partial charge in [-0.2, -0.15) is 0 Å². The molecule has 5 rings (SSSR count). The van der Waals surface area contributed by atoms with E-state index in [4.69, 9.17) is 4.74 Å². The molecule has 0 saturated heterocycles. The molecule has 2 atom stereocenters. The van der Waals surface area contributed by atoms with Crippen molar-refractivity contribution in [1.82, 2.24) is 4.90 Å². The minimum atomic E-state index is -0.224. The fourth-order valence-electron chi connectivity index (χ4n) is 5.20. The number of benzene rings is 2. The third-order valence-electron chi connectivity index (χ3n) is 6.48. The van der Waals surface area contributed by atoms with Crippen LogP contribution in [-0.4, -0.2) is 30.6 Å². The molecule has 28 heavy (non-hydrogen) atoms. The van der Waals surface area contributed by atoms with Gasteiger partial charge in [0, 0.05) is 29.8 Å². The molecule has 0 N–H and O–H groups in total. The van der Waals surface area contributed by atoms with Crippen molar-refractivity contribution >= 4 is 27.7 Å². The maximum absolute atomic E-state index is 12.8. The van der Waals surface area contributed by atoms with Crippen molar-refractivity contribution in [2.75, 3.05) is 24.5 Å². The van der Waals surface area contributed by atoms with Gasteiger partial charge in [-0.05, 0) is 53.5 Å². The molecule has 2 aliphatic heterocycles. The van der Waals surface area contributed by atoms with Crippen LogP contribution in [0.4, 0.5) is 10.5 Å². The molecule has 0 spiro atoms. The standard InChI is InChI=1S/C23H25BrN2O2/c24-19-11-18-14-26(23(27)28-15-16-5-2-1-3-6-16)10-9-25-13-17-7-4-8-20(17)21(12-19)22(18)25/h1-3,5-6,11-12,17,20H,4,7-10,13-15H2. The zero-order valence-electron chi connectivity index (χ0n) is 15.9. The topological polar surface area (TPSA) is 32.8 Å². The molecule has 146 valence electrons. The van der Waals surface area contributed by atoms with E-state index in [2.05, 4.69) is 33.0 Å². The lowest BCUT2D eigenvalue weighted by Gasteiger charge is -2.39. The number of rotatable bonds is 2. The van der Waals surface area contributed by atoms with Crippen molar-refractivity contribution < 1.29 is 9.53 Å². The number of carbonyl (C=O) groups is 1. The van der Waals surface area contributed by atoms with Crippen LogP contribution in [0, 0.1) is 5.92 Å². The number of amides is 1. The first-order valence-electron chi connectivity index (χ1n) is 10.2. The van der Waals surface area contributed by atoms with Crippen LogP contribution in [-0.2, 0) is 17.9 Å². The average molecular weight is 441 g/mol. The lowest BCUT2D eigenvalue weighted by molar-refractivity contribution is 0.0953. The Morgan fingerprint density at radius 2 is 2.00 bits per heavy atom. The third-order valence-corrected chi connectivity index (χ3v) is 6.93. The molecule has 4 nitrogen and oxygen atoms in total. The lowest BCUT2D eigenvalue weighted by Crippen LogP contribution is -2.40. The summed E-state index contributed by atoms with van der Waals surface area (Å²) in [6, 6.07) is 14.4. The van der Waals surface area contributed by atoms with Gasteiger partial charge in [-0.3, -0.25) is 0 Å². The second-order valence-electron chi connectivity index (χ2n) is 8.21. The van der Waals surface area contributed by atoms with E-state index in [1.807, 2.05) is 35.2 Å². The molecule has 2 unspecified atom stereocenters. The van der Waals surface area contributed by atoms with Crippen molar-refractivity contribution in [3.05, 3.63) is 63.6 Å². The van der Waals surface area contributed by atoms with E-state index in [0.717, 1.165) is 29.0 Å². The fourth-order valence-corrected chi connectivity index (χ4v) is 5.73. The van der Waals surface area contributed by atoms with Gasteiger partial charge in [0.1, 0.15) is 6.61 Å². The first kappa shape index (κ1) is 18.0. The smallest absolute Gasteiger partial charge is 0.410 e. The Kier molecular flexibility index (Phi) is 4.79. The summed E-state index contributed by atoms with van der Waals surface area (Å²) < 4.78 is 6.73. The van der Waals surface area contributed by atoms with E-state index in [1.54, 1.807) is 0 Å². The quantitative estimate of drug-likeness (QED) is 0.634. The van der Waals surface area contributed by atoms with Crippen LogP contribution in [0.25, 0.3) is 0 Å². The molecule has 0 radical (unpaired) electrons. The van der Waals surface area contributed by atoms with Gasteiger partial charge in [-0.25, -0.2) is 4.79 Å². The third kappa shape index (κ3) is 3.30. The minimum absolute atomic E-state index is 0.224. The van der Waals surface area contributed by atoms with Crippen LogP contribution < -0.4 is 4.90 Å². The Labute approximate surface area is 174 Å². The molecule has 1 amide bonds. The summed E-state index contributed by atoms with van der Waals surface area (Å²) in [6.45, 7) is 3.64. The Balaban J connectivity index is 1.39. The molecular formula is C23H25BrN2O2. The van der Waals surface area contributed by atoms with Crippen LogP contribution >= 0.6 is 15.9 Å². The SMILES string of the molecule is O=C(OCc1ccccc1)N1CCN2CC3CCCC3c3cc(Br)cc(c32)C1. The summed E-state index contributed by atoms with van der Waals surface area (Å²) >= 11 is 3.71. The number of nitrogens with zero attached hydrogens (tertiary/aromatic N) is 2. The van der Waals surface area contributed by atoms with Crippen molar-refractivity contribution in [3.8, 4) is 0 Å². The van der Waals surface area contributed by atoms with Crippen LogP contribution in [0.3, 0.4) is 0 Å². The van der Waals surface area contributed by atoms with E-state index >= 15 is 0 Å². The van der Waals surface area contributed by atoms with Gasteiger partial charge >= 0.3 is 6.09 Å². The van der Waals surface area contributed by atoms with Crippen molar-refractivity contribution in [3.63, 3.8) is 0 Å². The normalized spacial score (nSPS) is 23.0. The van der Waals surface area contributed by atoms with Gasteiger partial charge in [0.15, 0.2) is 0 Å². The number of fused-ring (bicyclic) bond motifs is 2. The van der Waals surface area contributed by atoms with Crippen LogP contribution in [0.1, 0.15) is 41.9 Å². The largest absolute Gasteiger partial charge is 0.445 e. The van der Waals surface area contributed by atoms with Gasteiger partial charge in [-0.1, -0.05) is 52.7 Å². The average Bonchev–Trinajstić information content (AvgIpc) is 3.10. The highest BCUT2D eigenvalue weighted by Crippen LogP contribution is 2.50. The van der Waals surface area contributed by atoms with E-state index in [1.165, 1.54) is 36.1 Å². The van der Waals surface area contributed by atoms with Crippen molar-refractivity contribution in [2.24, 2.45) is 5.92 Å². The molecule has 0 aromatic heterocycles. The second kappa shape index (κ2) is 7.43. The predicted molar refractivity (Wildman–Crippen MR) is 113 cm³/mol. The summed E-state index contributed by atoms with van der Waals surface area (Å²) in [4.78, 5) is 17.2. The molecule has 1 fully saturated rings. The number of anilines is 1. The Morgan fingerprint density at radius 3 is 2.86 bits per heavy atom. The number of ether oxygens (including phenoxy) is 1. The number of halogens is 1. The van der Waals surface area contributed by atoms with E-state index in [-0.39, 0.29) is 6.09 Å². The first-order valence-corrected chi connectivity index (χ1v) is 11.0. The summed E-state index contributed by atoms with van der Waals surface area (Å²) in [7, 11) is 0. The Bertz CT molecular complexity index is 886. The number of hydrogen-bond donors (Lipinski definition) is 0. The van der Waals surface area contributed by atoms with E-state index < -0.39 is 0 Å². The maximum Gasteiger partial charge on any atom is 0.410 e. The van der Waals surface area contributed by atoms with Crippen LogP contribution in [0.2, 0.25) is 0 Å². The molecule has 3 aliphatic rings. The monoisotopic (exact) mass is 440 g/mol. The summed E-state index contributed by atoms with van der Waals surface area (Å²) in [5, 5.41) is 0. The Morgan fingerprint density at radius 1 is 1.14 bits per heavy atom. The van der Waals surface area contributed by atoms with E-state index in [9.17, 15) is 4.79 Å². The highest BCUT2D eigenvalue weighted by Gasteiger charge is 2.39. The first-order chi connectivity index (χ1) is 13.7. The molecule has 1 saturated carbocycles. The molecule has 0 bridgehead atoms. The summed E-state index contributed by atoms with van der Waals surface area (Å²) in [5.41, 5.74) is 5.12. The lowest BCUT2D eigenvalue weighted by atomic mass is 9.82. The molecule has 2 heterocycles. The number of hydrogen-bond acceptors (Lipinski definition) is 3. The Hall–Kier alpha value is -2.01.